The van der Waals surface area contributed by atoms with Gasteiger partial charge in [0.1, 0.15) is 5.82 Å². The molecule has 1 saturated heterocycles. The first-order valence-corrected chi connectivity index (χ1v) is 8.26. The van der Waals surface area contributed by atoms with Crippen molar-refractivity contribution >= 4 is 35.7 Å². The van der Waals surface area contributed by atoms with Crippen LogP contribution in [0.1, 0.15) is 29.9 Å². The number of nitrogens with zero attached hydrogens (tertiary/aromatic N) is 2. The fourth-order valence-corrected chi connectivity index (χ4v) is 3.62. The van der Waals surface area contributed by atoms with Gasteiger partial charge in [0.05, 0.1) is 6.20 Å². The molecule has 4 nitrogen and oxygen atoms in total. The number of benzene rings is 1. The first-order chi connectivity index (χ1) is 11.3. The predicted molar refractivity (Wildman–Crippen MR) is 103 cm³/mol. The number of aromatic nitrogens is 3. The van der Waals surface area contributed by atoms with E-state index >= 15 is 0 Å². The molecular weight excluding hydrogens is 362 g/mol. The third-order valence-electron chi connectivity index (χ3n) is 4.97. The maximum atomic E-state index is 13.5. The molecule has 3 heterocycles. The summed E-state index contributed by atoms with van der Waals surface area (Å²) in [5, 5.41) is 7.90. The van der Waals surface area contributed by atoms with Gasteiger partial charge in [-0.05, 0) is 67.6 Å². The molecule has 2 aromatic heterocycles. The van der Waals surface area contributed by atoms with Crippen molar-refractivity contribution < 1.29 is 4.39 Å². The molecule has 1 aliphatic rings. The molecule has 4 rings (SSSR count). The fraction of sp³-hybridized carbons (Fsp3) is 0.389. The van der Waals surface area contributed by atoms with Gasteiger partial charge in [-0.25, -0.2) is 4.39 Å². The quantitative estimate of drug-likeness (QED) is 0.704. The van der Waals surface area contributed by atoms with Crippen LogP contribution in [0.15, 0.2) is 36.8 Å². The molecule has 0 radical (unpaired) electrons. The van der Waals surface area contributed by atoms with E-state index in [0.717, 1.165) is 49.8 Å². The molecule has 0 atom stereocenters. The number of aromatic amines is 2. The SMILES string of the molecule is Cl.Cl.Fc1ccc2[nH]cc(C3CCN(CCc4cn[nH]c4)CC3)c2c1. The number of rotatable bonds is 4. The smallest absolute Gasteiger partial charge is 0.123 e. The van der Waals surface area contributed by atoms with Gasteiger partial charge in [0.2, 0.25) is 0 Å². The minimum absolute atomic E-state index is 0. The van der Waals surface area contributed by atoms with Crippen LogP contribution in [0.2, 0.25) is 0 Å². The second kappa shape index (κ2) is 8.70. The van der Waals surface area contributed by atoms with Crippen LogP contribution in [0.4, 0.5) is 4.39 Å². The van der Waals surface area contributed by atoms with E-state index < -0.39 is 0 Å². The highest BCUT2D eigenvalue weighted by molar-refractivity contribution is 5.85. The van der Waals surface area contributed by atoms with Crippen LogP contribution in [-0.2, 0) is 6.42 Å². The lowest BCUT2D eigenvalue weighted by Gasteiger charge is -2.31. The number of piperidine rings is 1. The van der Waals surface area contributed by atoms with E-state index in [0.29, 0.717) is 5.92 Å². The van der Waals surface area contributed by atoms with Crippen molar-refractivity contribution in [2.45, 2.75) is 25.2 Å². The lowest BCUT2D eigenvalue weighted by atomic mass is 9.89. The van der Waals surface area contributed by atoms with E-state index in [1.54, 1.807) is 6.07 Å². The average molecular weight is 385 g/mol. The zero-order chi connectivity index (χ0) is 15.6. The Balaban J connectivity index is 0.00000113. The number of hydrogen-bond donors (Lipinski definition) is 2. The normalized spacial score (nSPS) is 15.7. The number of H-pyrrole nitrogens is 2. The summed E-state index contributed by atoms with van der Waals surface area (Å²) >= 11 is 0. The average Bonchev–Trinajstić information content (AvgIpc) is 3.22. The summed E-state index contributed by atoms with van der Waals surface area (Å²) in [5.74, 6) is 0.367. The van der Waals surface area contributed by atoms with E-state index in [2.05, 4.69) is 26.3 Å². The van der Waals surface area contributed by atoms with E-state index in [1.807, 2.05) is 18.5 Å². The molecule has 1 fully saturated rings. The molecule has 25 heavy (non-hydrogen) atoms. The molecule has 1 aliphatic heterocycles. The molecule has 2 N–H and O–H groups in total. The first-order valence-electron chi connectivity index (χ1n) is 8.26. The molecule has 3 aromatic rings. The van der Waals surface area contributed by atoms with E-state index in [9.17, 15) is 4.39 Å². The maximum Gasteiger partial charge on any atom is 0.123 e. The van der Waals surface area contributed by atoms with Crippen molar-refractivity contribution in [1.29, 1.82) is 0 Å². The fourth-order valence-electron chi connectivity index (χ4n) is 3.62. The van der Waals surface area contributed by atoms with Crippen molar-refractivity contribution in [2.24, 2.45) is 0 Å². The number of halogens is 3. The number of hydrogen-bond acceptors (Lipinski definition) is 2. The predicted octanol–water partition coefficient (Wildman–Crippen LogP) is 4.30. The summed E-state index contributed by atoms with van der Waals surface area (Å²) in [7, 11) is 0. The van der Waals surface area contributed by atoms with Gasteiger partial charge >= 0.3 is 0 Å². The summed E-state index contributed by atoms with van der Waals surface area (Å²) in [6.07, 6.45) is 9.24. The summed E-state index contributed by atoms with van der Waals surface area (Å²) in [6, 6.07) is 5.00. The Bertz CT molecular complexity index is 780. The molecule has 0 amide bonds. The van der Waals surface area contributed by atoms with Gasteiger partial charge < -0.3 is 9.88 Å². The Morgan fingerprint density at radius 3 is 2.68 bits per heavy atom. The molecular formula is C18H23Cl2FN4. The molecule has 7 heteroatoms. The van der Waals surface area contributed by atoms with Crippen molar-refractivity contribution in [2.75, 3.05) is 19.6 Å². The van der Waals surface area contributed by atoms with Crippen LogP contribution in [-0.4, -0.2) is 39.7 Å². The summed E-state index contributed by atoms with van der Waals surface area (Å²) < 4.78 is 13.5. The lowest BCUT2D eigenvalue weighted by Crippen LogP contribution is -2.34. The van der Waals surface area contributed by atoms with Crippen molar-refractivity contribution in [3.63, 3.8) is 0 Å². The van der Waals surface area contributed by atoms with Crippen LogP contribution in [0.5, 0.6) is 0 Å². The van der Waals surface area contributed by atoms with Gasteiger partial charge in [-0.15, -0.1) is 24.8 Å². The molecule has 1 aromatic carbocycles. The van der Waals surface area contributed by atoms with Gasteiger partial charge in [0.25, 0.3) is 0 Å². The van der Waals surface area contributed by atoms with Gasteiger partial charge in [0.15, 0.2) is 0 Å². The first kappa shape index (κ1) is 19.8. The lowest BCUT2D eigenvalue weighted by molar-refractivity contribution is 0.215. The maximum absolute atomic E-state index is 13.5. The van der Waals surface area contributed by atoms with Crippen LogP contribution in [0.25, 0.3) is 10.9 Å². The highest BCUT2D eigenvalue weighted by Crippen LogP contribution is 2.33. The van der Waals surface area contributed by atoms with E-state index in [4.69, 9.17) is 0 Å². The zero-order valence-corrected chi connectivity index (χ0v) is 15.5. The van der Waals surface area contributed by atoms with Crippen molar-refractivity contribution in [3.05, 3.63) is 53.7 Å². The highest BCUT2D eigenvalue weighted by Gasteiger charge is 2.22. The van der Waals surface area contributed by atoms with E-state index in [-0.39, 0.29) is 30.6 Å². The van der Waals surface area contributed by atoms with Crippen LogP contribution in [0, 0.1) is 5.82 Å². The Labute approximate surface area is 159 Å². The Morgan fingerprint density at radius 1 is 1.16 bits per heavy atom. The van der Waals surface area contributed by atoms with E-state index in [1.165, 1.54) is 17.2 Å². The van der Waals surface area contributed by atoms with Gasteiger partial charge in [-0.2, -0.15) is 5.10 Å². The van der Waals surface area contributed by atoms with Crippen LogP contribution < -0.4 is 0 Å². The largest absolute Gasteiger partial charge is 0.361 e. The van der Waals surface area contributed by atoms with Gasteiger partial charge in [-0.1, -0.05) is 0 Å². The Morgan fingerprint density at radius 2 is 1.96 bits per heavy atom. The monoisotopic (exact) mass is 384 g/mol. The number of nitrogens with one attached hydrogen (secondary N) is 2. The molecule has 136 valence electrons. The summed E-state index contributed by atoms with van der Waals surface area (Å²) in [4.78, 5) is 5.79. The highest BCUT2D eigenvalue weighted by atomic mass is 35.5. The Kier molecular flexibility index (Phi) is 6.87. The molecule has 0 aliphatic carbocycles. The second-order valence-corrected chi connectivity index (χ2v) is 6.41. The number of fused-ring (bicyclic) bond motifs is 1. The third kappa shape index (κ3) is 4.35. The molecule has 0 saturated carbocycles. The third-order valence-corrected chi connectivity index (χ3v) is 4.97. The molecule has 0 bridgehead atoms. The molecule has 0 unspecified atom stereocenters. The van der Waals surface area contributed by atoms with Gasteiger partial charge in [0, 0.05) is 29.8 Å². The zero-order valence-electron chi connectivity index (χ0n) is 13.9. The summed E-state index contributed by atoms with van der Waals surface area (Å²) in [6.45, 7) is 3.28. The number of likely N-dealkylation sites (tertiary alicyclic amines) is 1. The minimum atomic E-state index is -0.157. The summed E-state index contributed by atoms with van der Waals surface area (Å²) in [5.41, 5.74) is 3.57. The van der Waals surface area contributed by atoms with Crippen molar-refractivity contribution in [3.8, 4) is 0 Å². The minimum Gasteiger partial charge on any atom is -0.361 e. The topological polar surface area (TPSA) is 47.7 Å². The van der Waals surface area contributed by atoms with Crippen molar-refractivity contribution in [1.82, 2.24) is 20.1 Å². The Hall–Kier alpha value is -1.56. The van der Waals surface area contributed by atoms with Gasteiger partial charge in [-0.3, -0.25) is 5.10 Å². The second-order valence-electron chi connectivity index (χ2n) is 6.41. The van der Waals surface area contributed by atoms with Crippen LogP contribution in [0.3, 0.4) is 0 Å². The standard InChI is InChI=1S/C18H21FN4.2ClH/c19-15-1-2-18-16(9-15)17(12-20-18)14-4-7-23(8-5-14)6-3-13-10-21-22-11-13;;/h1-2,9-12,14,20H,3-8H2,(H,21,22);2*1H. The van der Waals surface area contributed by atoms with Crippen LogP contribution >= 0.6 is 24.8 Å². The molecule has 0 spiro atoms.